The second kappa shape index (κ2) is 8.31. The lowest BCUT2D eigenvalue weighted by Gasteiger charge is -2.35. The van der Waals surface area contributed by atoms with E-state index in [1.54, 1.807) is 0 Å². The summed E-state index contributed by atoms with van der Waals surface area (Å²) in [5.74, 6) is 1.47. The Hall–Kier alpha value is -3.05. The van der Waals surface area contributed by atoms with E-state index in [4.69, 9.17) is 0 Å². The number of thiol groups is 1. The molecule has 0 bridgehead atoms. The lowest BCUT2D eigenvalue weighted by atomic mass is 9.77. The average molecular weight is 387 g/mol. The van der Waals surface area contributed by atoms with Crippen molar-refractivity contribution in [1.29, 1.82) is 0 Å². The minimum absolute atomic E-state index is 0.627. The molecule has 0 saturated heterocycles. The molecular weight excluding hydrogens is 364 g/mol. The molecule has 140 valence electrons. The molecule has 5 heteroatoms. The van der Waals surface area contributed by atoms with E-state index in [0.717, 1.165) is 34.8 Å². The van der Waals surface area contributed by atoms with E-state index in [-0.39, 0.29) is 0 Å². The predicted molar refractivity (Wildman–Crippen MR) is 117 cm³/mol. The van der Waals surface area contributed by atoms with Gasteiger partial charge >= 0.3 is 0 Å². The highest BCUT2D eigenvalue weighted by molar-refractivity contribution is 7.80. The van der Waals surface area contributed by atoms with E-state index in [1.807, 2.05) is 29.1 Å². The van der Waals surface area contributed by atoms with Gasteiger partial charge in [0.05, 0.1) is 6.20 Å². The highest BCUT2D eigenvalue weighted by Gasteiger charge is 2.39. The molecular formula is C23H22N4S. The molecule has 0 amide bonds. The van der Waals surface area contributed by atoms with Gasteiger partial charge in [0.25, 0.3) is 0 Å². The van der Waals surface area contributed by atoms with Crippen molar-refractivity contribution in [1.82, 2.24) is 15.0 Å². The molecule has 0 aliphatic carbocycles. The zero-order chi connectivity index (χ0) is 19.2. The fourth-order valence-corrected chi connectivity index (χ4v) is 3.74. The van der Waals surface area contributed by atoms with Gasteiger partial charge in [-0.05, 0) is 16.7 Å². The molecule has 4 nitrogen and oxygen atoms in total. The van der Waals surface area contributed by atoms with Gasteiger partial charge in [0.1, 0.15) is 5.54 Å². The fraction of sp³-hybridized carbons (Fsp3) is 0.130. The molecule has 0 fully saturated rings. The van der Waals surface area contributed by atoms with Crippen LogP contribution in [0.4, 0.5) is 5.82 Å². The first-order valence-electron chi connectivity index (χ1n) is 9.30. The minimum Gasteiger partial charge on any atom is -0.366 e. The van der Waals surface area contributed by atoms with E-state index in [9.17, 15) is 0 Å². The summed E-state index contributed by atoms with van der Waals surface area (Å²) < 4.78 is 1.95. The van der Waals surface area contributed by atoms with Gasteiger partial charge in [-0.1, -0.05) is 96.2 Å². The van der Waals surface area contributed by atoms with E-state index < -0.39 is 5.54 Å². The van der Waals surface area contributed by atoms with Crippen LogP contribution in [0.15, 0.2) is 97.2 Å². The largest absolute Gasteiger partial charge is 0.366 e. The Morgan fingerprint density at radius 3 is 1.64 bits per heavy atom. The summed E-state index contributed by atoms with van der Waals surface area (Å²) in [5, 5.41) is 12.2. The van der Waals surface area contributed by atoms with Gasteiger partial charge in [-0.3, -0.25) is 0 Å². The molecule has 1 N–H and O–H groups in total. The molecule has 0 aliphatic heterocycles. The molecule has 1 aromatic heterocycles. The van der Waals surface area contributed by atoms with Gasteiger partial charge in [-0.15, -0.1) is 5.10 Å². The van der Waals surface area contributed by atoms with Gasteiger partial charge < -0.3 is 5.32 Å². The van der Waals surface area contributed by atoms with Crippen LogP contribution in [0.2, 0.25) is 0 Å². The number of nitrogens with one attached hydrogen (secondary N) is 1. The average Bonchev–Trinajstić information content (AvgIpc) is 3.24. The summed E-state index contributed by atoms with van der Waals surface area (Å²) in [5.41, 5.74) is 2.74. The molecule has 1 heterocycles. The molecule has 4 rings (SSSR count). The van der Waals surface area contributed by atoms with Crippen molar-refractivity contribution in [2.75, 3.05) is 17.6 Å². The highest BCUT2D eigenvalue weighted by atomic mass is 32.1. The van der Waals surface area contributed by atoms with Crippen LogP contribution in [0.3, 0.4) is 0 Å². The number of aromatic nitrogens is 3. The quantitative estimate of drug-likeness (QED) is 0.364. The number of nitrogens with zero attached hydrogens (tertiary/aromatic N) is 3. The molecule has 28 heavy (non-hydrogen) atoms. The first-order valence-corrected chi connectivity index (χ1v) is 9.93. The molecule has 0 spiro atoms. The normalized spacial score (nSPS) is 11.3. The Bertz CT molecular complexity index is 904. The lowest BCUT2D eigenvalue weighted by molar-refractivity contribution is 0.446. The Morgan fingerprint density at radius 2 is 1.21 bits per heavy atom. The monoisotopic (exact) mass is 386 g/mol. The summed E-state index contributed by atoms with van der Waals surface area (Å²) in [6.45, 7) is 0.733. The van der Waals surface area contributed by atoms with Gasteiger partial charge in [0, 0.05) is 12.3 Å². The first-order chi connectivity index (χ1) is 13.9. The third kappa shape index (κ3) is 3.29. The van der Waals surface area contributed by atoms with E-state index >= 15 is 0 Å². The van der Waals surface area contributed by atoms with Crippen LogP contribution in [0.5, 0.6) is 0 Å². The number of rotatable bonds is 7. The van der Waals surface area contributed by atoms with E-state index in [0.29, 0.717) is 0 Å². The van der Waals surface area contributed by atoms with Crippen molar-refractivity contribution in [2.24, 2.45) is 0 Å². The van der Waals surface area contributed by atoms with Crippen LogP contribution in [0.1, 0.15) is 16.7 Å². The summed E-state index contributed by atoms with van der Waals surface area (Å²) in [6, 6.07) is 31.3. The molecule has 0 aliphatic rings. The van der Waals surface area contributed by atoms with Crippen molar-refractivity contribution in [3.05, 3.63) is 114 Å². The number of hydrogen-bond donors (Lipinski definition) is 2. The molecule has 0 atom stereocenters. The molecule has 3 aromatic carbocycles. The van der Waals surface area contributed by atoms with Gasteiger partial charge in [-0.25, -0.2) is 4.68 Å². The molecule has 0 saturated carbocycles. The number of benzene rings is 3. The van der Waals surface area contributed by atoms with Crippen molar-refractivity contribution >= 4 is 18.4 Å². The summed E-state index contributed by atoms with van der Waals surface area (Å²) in [4.78, 5) is 0. The van der Waals surface area contributed by atoms with Crippen LogP contribution >= 0.6 is 12.6 Å². The zero-order valence-corrected chi connectivity index (χ0v) is 16.3. The summed E-state index contributed by atoms with van der Waals surface area (Å²) >= 11 is 4.27. The molecule has 0 unspecified atom stereocenters. The van der Waals surface area contributed by atoms with Crippen molar-refractivity contribution in [3.63, 3.8) is 0 Å². The summed E-state index contributed by atoms with van der Waals surface area (Å²) in [7, 11) is 0. The zero-order valence-electron chi connectivity index (χ0n) is 15.4. The number of hydrogen-bond acceptors (Lipinski definition) is 4. The first kappa shape index (κ1) is 18.3. The number of anilines is 1. The van der Waals surface area contributed by atoms with Gasteiger partial charge in [0.15, 0.2) is 5.82 Å². The Morgan fingerprint density at radius 1 is 0.750 bits per heavy atom. The smallest absolute Gasteiger partial charge is 0.168 e. The summed E-state index contributed by atoms with van der Waals surface area (Å²) in [6.07, 6.45) is 1.97. The second-order valence-corrected chi connectivity index (χ2v) is 6.95. The Balaban J connectivity index is 2.00. The predicted octanol–water partition coefficient (Wildman–Crippen LogP) is 4.46. The SMILES string of the molecule is SCCNc1cn(C(c2ccccc2)(c2ccccc2)c2ccccc2)nn1. The van der Waals surface area contributed by atoms with Crippen LogP contribution in [0, 0.1) is 0 Å². The maximum atomic E-state index is 4.55. The Kier molecular flexibility index (Phi) is 5.44. The minimum atomic E-state index is -0.627. The molecule has 0 radical (unpaired) electrons. The third-order valence-electron chi connectivity index (χ3n) is 4.83. The van der Waals surface area contributed by atoms with E-state index in [2.05, 4.69) is 101 Å². The van der Waals surface area contributed by atoms with Crippen molar-refractivity contribution < 1.29 is 0 Å². The molecule has 4 aromatic rings. The van der Waals surface area contributed by atoms with Crippen LogP contribution in [0.25, 0.3) is 0 Å². The second-order valence-electron chi connectivity index (χ2n) is 6.51. The standard InChI is InChI=1S/C23H22N4S/c28-17-16-24-22-18-27(26-25-22)23(19-10-4-1-5-11-19,20-12-6-2-7-13-20)21-14-8-3-9-15-21/h1-15,18,24,28H,16-17H2. The Labute approximate surface area is 170 Å². The van der Waals surface area contributed by atoms with Crippen molar-refractivity contribution in [2.45, 2.75) is 5.54 Å². The maximum absolute atomic E-state index is 4.55. The lowest BCUT2D eigenvalue weighted by Crippen LogP contribution is -2.38. The van der Waals surface area contributed by atoms with E-state index in [1.165, 1.54) is 0 Å². The maximum Gasteiger partial charge on any atom is 0.168 e. The topological polar surface area (TPSA) is 42.7 Å². The van der Waals surface area contributed by atoms with Crippen LogP contribution in [-0.4, -0.2) is 27.3 Å². The highest BCUT2D eigenvalue weighted by Crippen LogP contribution is 2.40. The van der Waals surface area contributed by atoms with Crippen molar-refractivity contribution in [3.8, 4) is 0 Å². The van der Waals surface area contributed by atoms with Gasteiger partial charge in [-0.2, -0.15) is 12.6 Å². The van der Waals surface area contributed by atoms with Crippen LogP contribution in [-0.2, 0) is 5.54 Å². The van der Waals surface area contributed by atoms with Gasteiger partial charge in [0.2, 0.25) is 0 Å². The van der Waals surface area contributed by atoms with Crippen LogP contribution < -0.4 is 5.32 Å². The third-order valence-corrected chi connectivity index (χ3v) is 5.05. The fourth-order valence-electron chi connectivity index (χ4n) is 3.63.